The molecule has 0 aliphatic heterocycles. The van der Waals surface area contributed by atoms with Gasteiger partial charge < -0.3 is 0 Å². The number of nitrogens with zero attached hydrogens (tertiary/aromatic N) is 4. The van der Waals surface area contributed by atoms with Crippen molar-refractivity contribution in [3.8, 4) is 17.2 Å². The largest absolute Gasteiger partial charge is 0.450 e. The molecule has 8 nitrogen and oxygen atoms in total. The van der Waals surface area contributed by atoms with Crippen LogP contribution in [-0.4, -0.2) is 32.0 Å². The molecule has 3 aromatic rings. The predicted octanol–water partition coefficient (Wildman–Crippen LogP) is 2.45. The minimum absolute atomic E-state index is 0.0137. The summed E-state index contributed by atoms with van der Waals surface area (Å²) in [5.41, 5.74) is -0.805. The molecule has 1 aromatic carbocycles. The molecule has 0 spiro atoms. The molecule has 2 heterocycles. The number of benzene rings is 1. The SMILES string of the molecule is O=C(Cc1nonc1-c1noc(=O)n1-c1ccc(F)c(Br)c1)C(F)(F)F. The maximum Gasteiger partial charge on any atom is 0.450 e. The average molecular weight is 437 g/mol. The van der Waals surface area contributed by atoms with Crippen LogP contribution in [0, 0.1) is 5.82 Å². The lowest BCUT2D eigenvalue weighted by Crippen LogP contribution is -2.25. The standard InChI is InChI=1S/C13H5BrF4N4O4/c14-6-3-5(1-2-7(6)15)22-11(21-25-12(22)24)10-8(19-26-20-10)4-9(23)13(16,17)18/h1-3H,4H2. The quantitative estimate of drug-likeness (QED) is 0.578. The Labute approximate surface area is 148 Å². The van der Waals surface area contributed by atoms with E-state index in [-0.39, 0.29) is 16.0 Å². The molecule has 0 N–H and O–H groups in total. The van der Waals surface area contributed by atoms with Gasteiger partial charge in [0.2, 0.25) is 11.6 Å². The van der Waals surface area contributed by atoms with Gasteiger partial charge in [0.1, 0.15) is 11.5 Å². The summed E-state index contributed by atoms with van der Waals surface area (Å²) in [6, 6.07) is 3.46. The molecule has 0 radical (unpaired) electrons. The third kappa shape index (κ3) is 3.29. The third-order valence-electron chi connectivity index (χ3n) is 3.18. The lowest BCUT2D eigenvalue weighted by molar-refractivity contribution is -0.170. The number of Topliss-reactive ketones (excluding diaryl/α,β-unsaturated/α-hetero) is 1. The Morgan fingerprint density at radius 2 is 1.96 bits per heavy atom. The van der Waals surface area contributed by atoms with Crippen LogP contribution in [0.25, 0.3) is 17.2 Å². The molecule has 0 saturated carbocycles. The van der Waals surface area contributed by atoms with E-state index in [2.05, 4.69) is 40.6 Å². The zero-order valence-electron chi connectivity index (χ0n) is 12.3. The highest BCUT2D eigenvalue weighted by molar-refractivity contribution is 9.10. The Balaban J connectivity index is 2.08. The second kappa shape index (κ2) is 6.48. The average Bonchev–Trinajstić information content (AvgIpc) is 3.15. The van der Waals surface area contributed by atoms with E-state index in [4.69, 9.17) is 0 Å². The van der Waals surface area contributed by atoms with Crippen molar-refractivity contribution in [2.24, 2.45) is 0 Å². The van der Waals surface area contributed by atoms with Gasteiger partial charge in [-0.3, -0.25) is 9.32 Å². The minimum Gasteiger partial charge on any atom is -0.295 e. The van der Waals surface area contributed by atoms with Crippen LogP contribution >= 0.6 is 15.9 Å². The van der Waals surface area contributed by atoms with Crippen LogP contribution in [0.1, 0.15) is 5.69 Å². The summed E-state index contributed by atoms with van der Waals surface area (Å²) < 4.78 is 60.4. The Kier molecular flexibility index (Phi) is 4.48. The number of hydrogen-bond acceptors (Lipinski definition) is 7. The number of rotatable bonds is 4. The number of hydrogen-bond donors (Lipinski definition) is 0. The molecule has 2 aromatic heterocycles. The van der Waals surface area contributed by atoms with Crippen LogP contribution < -0.4 is 5.76 Å². The predicted molar refractivity (Wildman–Crippen MR) is 77.8 cm³/mol. The Hall–Kier alpha value is -2.83. The molecule has 0 fully saturated rings. The van der Waals surface area contributed by atoms with Crippen molar-refractivity contribution in [2.45, 2.75) is 12.6 Å². The molecule has 3 rings (SSSR count). The highest BCUT2D eigenvalue weighted by Gasteiger charge is 2.39. The van der Waals surface area contributed by atoms with Gasteiger partial charge in [-0.1, -0.05) is 10.3 Å². The van der Waals surface area contributed by atoms with Crippen LogP contribution in [0.2, 0.25) is 0 Å². The number of alkyl halides is 3. The van der Waals surface area contributed by atoms with E-state index < -0.39 is 41.3 Å². The van der Waals surface area contributed by atoms with Crippen molar-refractivity contribution >= 4 is 21.7 Å². The van der Waals surface area contributed by atoms with Gasteiger partial charge in [0, 0.05) is 0 Å². The summed E-state index contributed by atoms with van der Waals surface area (Å²) in [7, 11) is 0. The third-order valence-corrected chi connectivity index (χ3v) is 3.79. The lowest BCUT2D eigenvalue weighted by atomic mass is 10.1. The molecule has 0 amide bonds. The number of aromatic nitrogens is 4. The molecule has 0 atom stereocenters. The van der Waals surface area contributed by atoms with Gasteiger partial charge in [0.15, 0.2) is 5.69 Å². The molecular formula is C13H5BrF4N4O4. The normalized spacial score (nSPS) is 11.7. The van der Waals surface area contributed by atoms with Crippen LogP contribution in [0.4, 0.5) is 17.6 Å². The molecule has 26 heavy (non-hydrogen) atoms. The maximum atomic E-state index is 13.4. The lowest BCUT2D eigenvalue weighted by Gasteiger charge is -2.05. The molecule has 0 aliphatic carbocycles. The first-order chi connectivity index (χ1) is 12.2. The Morgan fingerprint density at radius 1 is 1.23 bits per heavy atom. The highest BCUT2D eigenvalue weighted by atomic mass is 79.9. The van der Waals surface area contributed by atoms with Crippen molar-refractivity contribution in [2.75, 3.05) is 0 Å². The van der Waals surface area contributed by atoms with Crippen molar-refractivity contribution < 1.29 is 31.5 Å². The van der Waals surface area contributed by atoms with Crippen LogP contribution in [-0.2, 0) is 11.2 Å². The van der Waals surface area contributed by atoms with Crippen LogP contribution in [0.3, 0.4) is 0 Å². The van der Waals surface area contributed by atoms with Gasteiger partial charge in [-0.2, -0.15) is 13.2 Å². The fourth-order valence-corrected chi connectivity index (χ4v) is 2.36. The molecule has 136 valence electrons. The van der Waals surface area contributed by atoms with E-state index in [1.807, 2.05) is 0 Å². The van der Waals surface area contributed by atoms with Gasteiger partial charge in [0.25, 0.3) is 0 Å². The smallest absolute Gasteiger partial charge is 0.295 e. The number of carbonyl (C=O) groups excluding carboxylic acids is 1. The van der Waals surface area contributed by atoms with Gasteiger partial charge in [-0.05, 0) is 39.3 Å². The summed E-state index contributed by atoms with van der Waals surface area (Å²) in [5.74, 6) is -4.08. The molecule has 0 saturated heterocycles. The van der Waals surface area contributed by atoms with Crippen molar-refractivity contribution in [3.05, 3.63) is 44.7 Å². The van der Waals surface area contributed by atoms with Crippen LogP contribution in [0.5, 0.6) is 0 Å². The van der Waals surface area contributed by atoms with Gasteiger partial charge in [-0.15, -0.1) is 0 Å². The molecule has 0 unspecified atom stereocenters. The summed E-state index contributed by atoms with van der Waals surface area (Å²) >= 11 is 2.94. The Bertz CT molecular complexity index is 1040. The molecule has 0 aliphatic rings. The summed E-state index contributed by atoms with van der Waals surface area (Å²) in [5, 5.41) is 10.1. The van der Waals surface area contributed by atoms with Gasteiger partial charge >= 0.3 is 11.9 Å². The first-order valence-corrected chi connectivity index (χ1v) is 7.43. The monoisotopic (exact) mass is 436 g/mol. The van der Waals surface area contributed by atoms with E-state index in [0.717, 1.165) is 10.6 Å². The van der Waals surface area contributed by atoms with Crippen molar-refractivity contribution in [1.29, 1.82) is 0 Å². The minimum atomic E-state index is -5.08. The van der Waals surface area contributed by atoms with Gasteiger partial charge in [0.05, 0.1) is 16.6 Å². The zero-order valence-corrected chi connectivity index (χ0v) is 13.8. The fraction of sp³-hybridized carbons (Fsp3) is 0.154. The first kappa shape index (κ1) is 18.0. The fourth-order valence-electron chi connectivity index (χ4n) is 2.00. The summed E-state index contributed by atoms with van der Waals surface area (Å²) in [4.78, 5) is 23.1. The Morgan fingerprint density at radius 3 is 2.62 bits per heavy atom. The molecule has 0 bridgehead atoms. The number of halogens is 5. The summed E-state index contributed by atoms with van der Waals surface area (Å²) in [6.45, 7) is 0. The van der Waals surface area contributed by atoms with E-state index in [1.54, 1.807) is 0 Å². The van der Waals surface area contributed by atoms with Crippen molar-refractivity contribution in [1.82, 2.24) is 20.0 Å². The number of carbonyl (C=O) groups is 1. The topological polar surface area (TPSA) is 104 Å². The van der Waals surface area contributed by atoms with E-state index >= 15 is 0 Å². The highest BCUT2D eigenvalue weighted by Crippen LogP contribution is 2.26. The molecule has 13 heteroatoms. The molecular weight excluding hydrogens is 432 g/mol. The maximum absolute atomic E-state index is 13.4. The van der Waals surface area contributed by atoms with Crippen molar-refractivity contribution in [3.63, 3.8) is 0 Å². The van der Waals surface area contributed by atoms with E-state index in [0.29, 0.717) is 0 Å². The summed E-state index contributed by atoms with van der Waals surface area (Å²) in [6.07, 6.45) is -6.25. The first-order valence-electron chi connectivity index (χ1n) is 6.64. The zero-order chi connectivity index (χ0) is 19.1. The number of ketones is 1. The second-order valence-electron chi connectivity index (χ2n) is 4.86. The van der Waals surface area contributed by atoms with E-state index in [9.17, 15) is 27.2 Å². The van der Waals surface area contributed by atoms with E-state index in [1.165, 1.54) is 12.1 Å². The second-order valence-corrected chi connectivity index (χ2v) is 5.72. The van der Waals surface area contributed by atoms with Gasteiger partial charge in [-0.25, -0.2) is 18.4 Å². The van der Waals surface area contributed by atoms with Crippen LogP contribution in [0.15, 0.2) is 36.6 Å².